The standard InChI is InChI=1S/C25H30N2O5/c1-2-31-25(30)20-10-14-22(15-11-20)32-21-12-8-19(9-13-21)24(29)27-17-16-26-23(28)18-6-4-3-5-7-18/h3-9,12-13,20,22H,2,10-11,14-17H2,1H3,(H,26,28)(H,27,29). The highest BCUT2D eigenvalue weighted by molar-refractivity contribution is 5.95. The average molecular weight is 439 g/mol. The third-order valence-corrected chi connectivity index (χ3v) is 5.45. The lowest BCUT2D eigenvalue weighted by Crippen LogP contribution is -2.34. The first-order valence-corrected chi connectivity index (χ1v) is 11.1. The zero-order valence-corrected chi connectivity index (χ0v) is 18.3. The monoisotopic (exact) mass is 438 g/mol. The Morgan fingerprint density at radius 1 is 0.812 bits per heavy atom. The molecule has 1 fully saturated rings. The molecule has 0 atom stereocenters. The highest BCUT2D eigenvalue weighted by Gasteiger charge is 2.28. The first-order chi connectivity index (χ1) is 15.6. The number of amides is 2. The summed E-state index contributed by atoms with van der Waals surface area (Å²) in [4.78, 5) is 36.1. The number of carbonyl (C=O) groups is 3. The van der Waals surface area contributed by atoms with E-state index in [1.807, 2.05) is 13.0 Å². The number of rotatable bonds is 9. The number of ether oxygens (including phenoxy) is 2. The van der Waals surface area contributed by atoms with Gasteiger partial charge in [-0.25, -0.2) is 0 Å². The molecule has 1 saturated carbocycles. The Morgan fingerprint density at radius 3 is 1.94 bits per heavy atom. The topological polar surface area (TPSA) is 93.7 Å². The molecule has 0 unspecified atom stereocenters. The van der Waals surface area contributed by atoms with Gasteiger partial charge < -0.3 is 20.1 Å². The Hall–Kier alpha value is -3.35. The summed E-state index contributed by atoms with van der Waals surface area (Å²) in [5.74, 6) is 0.189. The quantitative estimate of drug-likeness (QED) is 0.463. The fourth-order valence-electron chi connectivity index (χ4n) is 3.70. The van der Waals surface area contributed by atoms with E-state index in [0.717, 1.165) is 25.7 Å². The van der Waals surface area contributed by atoms with Crippen LogP contribution in [0.2, 0.25) is 0 Å². The Kier molecular flexibility index (Phi) is 8.66. The molecular formula is C25H30N2O5. The number of esters is 1. The van der Waals surface area contributed by atoms with Crippen LogP contribution in [0.1, 0.15) is 53.3 Å². The van der Waals surface area contributed by atoms with Gasteiger partial charge in [0, 0.05) is 24.2 Å². The predicted molar refractivity (Wildman–Crippen MR) is 121 cm³/mol. The molecule has 1 aliphatic carbocycles. The lowest BCUT2D eigenvalue weighted by molar-refractivity contribution is -0.149. The summed E-state index contributed by atoms with van der Waals surface area (Å²) in [6, 6.07) is 15.9. The summed E-state index contributed by atoms with van der Waals surface area (Å²) in [6.45, 7) is 2.91. The van der Waals surface area contributed by atoms with Crippen LogP contribution in [0.5, 0.6) is 5.75 Å². The van der Waals surface area contributed by atoms with Crippen LogP contribution in [0.4, 0.5) is 0 Å². The molecule has 0 radical (unpaired) electrons. The van der Waals surface area contributed by atoms with Crippen LogP contribution in [0.15, 0.2) is 54.6 Å². The van der Waals surface area contributed by atoms with Crippen LogP contribution in [0.3, 0.4) is 0 Å². The summed E-state index contributed by atoms with van der Waals surface area (Å²) in [6.07, 6.45) is 3.21. The van der Waals surface area contributed by atoms with E-state index in [1.165, 1.54) is 0 Å². The van der Waals surface area contributed by atoms with Crippen molar-refractivity contribution in [3.63, 3.8) is 0 Å². The normalized spacial score (nSPS) is 17.8. The molecule has 2 aromatic rings. The number of hydrogen-bond donors (Lipinski definition) is 2. The summed E-state index contributed by atoms with van der Waals surface area (Å²) in [5, 5.41) is 5.57. The van der Waals surface area contributed by atoms with Gasteiger partial charge in [-0.3, -0.25) is 14.4 Å². The maximum Gasteiger partial charge on any atom is 0.308 e. The molecule has 2 N–H and O–H groups in total. The minimum Gasteiger partial charge on any atom is -0.490 e. The van der Waals surface area contributed by atoms with E-state index < -0.39 is 0 Å². The van der Waals surface area contributed by atoms with Crippen LogP contribution in [0, 0.1) is 5.92 Å². The van der Waals surface area contributed by atoms with E-state index in [2.05, 4.69) is 10.6 Å². The number of nitrogens with one attached hydrogen (secondary N) is 2. The lowest BCUT2D eigenvalue weighted by Gasteiger charge is -2.27. The number of hydrogen-bond acceptors (Lipinski definition) is 5. The van der Waals surface area contributed by atoms with Crippen LogP contribution in [0.25, 0.3) is 0 Å². The minimum atomic E-state index is -0.208. The van der Waals surface area contributed by atoms with Gasteiger partial charge in [0.25, 0.3) is 11.8 Å². The van der Waals surface area contributed by atoms with E-state index in [1.54, 1.807) is 48.5 Å². The van der Waals surface area contributed by atoms with Crippen molar-refractivity contribution in [2.75, 3.05) is 19.7 Å². The molecule has 170 valence electrons. The van der Waals surface area contributed by atoms with Crippen molar-refractivity contribution >= 4 is 17.8 Å². The molecule has 0 aromatic heterocycles. The molecule has 2 aromatic carbocycles. The zero-order valence-electron chi connectivity index (χ0n) is 18.3. The average Bonchev–Trinajstić information content (AvgIpc) is 2.83. The van der Waals surface area contributed by atoms with E-state index in [9.17, 15) is 14.4 Å². The van der Waals surface area contributed by atoms with Crippen molar-refractivity contribution in [1.29, 1.82) is 0 Å². The van der Waals surface area contributed by atoms with Gasteiger partial charge in [-0.15, -0.1) is 0 Å². The molecule has 32 heavy (non-hydrogen) atoms. The second-order valence-corrected chi connectivity index (χ2v) is 7.75. The smallest absolute Gasteiger partial charge is 0.308 e. The second kappa shape index (κ2) is 11.9. The molecular weight excluding hydrogens is 408 g/mol. The Bertz CT molecular complexity index is 890. The van der Waals surface area contributed by atoms with Gasteiger partial charge >= 0.3 is 5.97 Å². The van der Waals surface area contributed by atoms with E-state index in [-0.39, 0.29) is 29.8 Å². The molecule has 0 aliphatic heterocycles. The summed E-state index contributed by atoms with van der Waals surface area (Å²) < 4.78 is 11.1. The van der Waals surface area contributed by atoms with Crippen molar-refractivity contribution in [1.82, 2.24) is 10.6 Å². The second-order valence-electron chi connectivity index (χ2n) is 7.75. The Morgan fingerprint density at radius 2 is 1.38 bits per heavy atom. The lowest BCUT2D eigenvalue weighted by atomic mass is 9.87. The Labute approximate surface area is 188 Å². The number of benzene rings is 2. The van der Waals surface area contributed by atoms with Crippen molar-refractivity contribution < 1.29 is 23.9 Å². The van der Waals surface area contributed by atoms with Gasteiger partial charge in [0.05, 0.1) is 18.6 Å². The van der Waals surface area contributed by atoms with Gasteiger partial charge in [-0.2, -0.15) is 0 Å². The van der Waals surface area contributed by atoms with E-state index in [0.29, 0.717) is 36.6 Å². The molecule has 7 heteroatoms. The van der Waals surface area contributed by atoms with Gasteiger partial charge in [0.2, 0.25) is 0 Å². The summed E-state index contributed by atoms with van der Waals surface area (Å²) >= 11 is 0. The summed E-state index contributed by atoms with van der Waals surface area (Å²) in [5.41, 5.74) is 1.11. The Balaban J connectivity index is 1.37. The van der Waals surface area contributed by atoms with Crippen LogP contribution in [-0.2, 0) is 9.53 Å². The van der Waals surface area contributed by atoms with Gasteiger partial charge in [0.1, 0.15) is 5.75 Å². The molecule has 0 saturated heterocycles. The van der Waals surface area contributed by atoms with Crippen molar-refractivity contribution in [3.05, 3.63) is 65.7 Å². The first kappa shape index (κ1) is 23.3. The highest BCUT2D eigenvalue weighted by Crippen LogP contribution is 2.28. The zero-order chi connectivity index (χ0) is 22.8. The third kappa shape index (κ3) is 6.83. The highest BCUT2D eigenvalue weighted by atomic mass is 16.5. The van der Waals surface area contributed by atoms with E-state index in [4.69, 9.17) is 9.47 Å². The van der Waals surface area contributed by atoms with Gasteiger partial charge in [-0.05, 0) is 69.0 Å². The van der Waals surface area contributed by atoms with E-state index >= 15 is 0 Å². The van der Waals surface area contributed by atoms with Crippen LogP contribution in [-0.4, -0.2) is 43.6 Å². The molecule has 3 rings (SSSR count). The first-order valence-electron chi connectivity index (χ1n) is 11.1. The molecule has 0 bridgehead atoms. The fraction of sp³-hybridized carbons (Fsp3) is 0.400. The minimum absolute atomic E-state index is 0.0293. The number of carbonyl (C=O) groups excluding carboxylic acids is 3. The van der Waals surface area contributed by atoms with Crippen molar-refractivity contribution in [2.24, 2.45) is 5.92 Å². The predicted octanol–water partition coefficient (Wildman–Crippen LogP) is 3.35. The SMILES string of the molecule is CCOC(=O)C1CCC(Oc2ccc(C(=O)NCCNC(=O)c3ccccc3)cc2)CC1. The molecule has 7 nitrogen and oxygen atoms in total. The molecule has 1 aliphatic rings. The molecule has 0 heterocycles. The molecule has 0 spiro atoms. The largest absolute Gasteiger partial charge is 0.490 e. The van der Waals surface area contributed by atoms with Gasteiger partial charge in [0.15, 0.2) is 0 Å². The van der Waals surface area contributed by atoms with Gasteiger partial charge in [-0.1, -0.05) is 18.2 Å². The van der Waals surface area contributed by atoms with Crippen molar-refractivity contribution in [3.8, 4) is 5.75 Å². The van der Waals surface area contributed by atoms with Crippen LogP contribution >= 0.6 is 0 Å². The maximum atomic E-state index is 12.3. The van der Waals surface area contributed by atoms with Crippen molar-refractivity contribution in [2.45, 2.75) is 38.7 Å². The summed E-state index contributed by atoms with van der Waals surface area (Å²) in [7, 11) is 0. The third-order valence-electron chi connectivity index (χ3n) is 5.45. The maximum absolute atomic E-state index is 12.3. The molecule has 2 amide bonds. The van der Waals surface area contributed by atoms with Crippen LogP contribution < -0.4 is 15.4 Å². The fourth-order valence-corrected chi connectivity index (χ4v) is 3.70.